The van der Waals surface area contributed by atoms with Gasteiger partial charge in [-0.15, -0.1) is 0 Å². The first-order chi connectivity index (χ1) is 12.3. The van der Waals surface area contributed by atoms with Gasteiger partial charge in [0.05, 0.1) is 0 Å². The molecule has 26 heavy (non-hydrogen) atoms. The summed E-state index contributed by atoms with van der Waals surface area (Å²) in [6.07, 6.45) is 0.855. The lowest BCUT2D eigenvalue weighted by Gasteiger charge is -2.12. The van der Waals surface area contributed by atoms with Gasteiger partial charge in [0.15, 0.2) is 0 Å². The van der Waals surface area contributed by atoms with Crippen LogP contribution in [0.5, 0.6) is 0 Å². The van der Waals surface area contributed by atoms with Crippen LogP contribution in [0.3, 0.4) is 0 Å². The van der Waals surface area contributed by atoms with E-state index in [4.69, 9.17) is 5.73 Å². The lowest BCUT2D eigenvalue weighted by atomic mass is 10.0. The van der Waals surface area contributed by atoms with Crippen LogP contribution in [0.15, 0.2) is 47.1 Å². The molecule has 0 heterocycles. The summed E-state index contributed by atoms with van der Waals surface area (Å²) in [6, 6.07) is 8.93. The first kappa shape index (κ1) is 19.5. The predicted molar refractivity (Wildman–Crippen MR) is 96.1 cm³/mol. The van der Waals surface area contributed by atoms with Crippen LogP contribution in [0.4, 0.5) is 23.2 Å². The second-order valence-electron chi connectivity index (χ2n) is 5.74. The highest BCUT2D eigenvalue weighted by molar-refractivity contribution is 6.10. The van der Waals surface area contributed by atoms with Gasteiger partial charge in [-0.2, -0.15) is 8.78 Å². The van der Waals surface area contributed by atoms with Gasteiger partial charge in [0.25, 0.3) is 0 Å². The average Bonchev–Trinajstić information content (AvgIpc) is 2.55. The third kappa shape index (κ3) is 4.84. The van der Waals surface area contributed by atoms with Gasteiger partial charge in [0.2, 0.25) is 0 Å². The molecule has 2 aromatic rings. The topological polar surface area (TPSA) is 50.4 Å². The van der Waals surface area contributed by atoms with Crippen LogP contribution in [0.25, 0.3) is 5.57 Å². The van der Waals surface area contributed by atoms with Crippen LogP contribution in [-0.4, -0.2) is 12.8 Å². The van der Waals surface area contributed by atoms with Gasteiger partial charge in [-0.3, -0.25) is 0 Å². The lowest BCUT2D eigenvalue weighted by molar-refractivity contribution is 0.161. The number of rotatable bonds is 6. The normalized spacial score (nSPS) is 12.6. The van der Waals surface area contributed by atoms with Crippen molar-refractivity contribution in [3.63, 3.8) is 0 Å². The Bertz CT molecular complexity index is 820. The number of nitrogens with zero attached hydrogens (tertiary/aromatic N) is 1. The number of hydrogen-bond donors (Lipinski definition) is 2. The van der Waals surface area contributed by atoms with Crippen molar-refractivity contribution >= 4 is 17.5 Å². The summed E-state index contributed by atoms with van der Waals surface area (Å²) < 4.78 is 52.8. The Balaban J connectivity index is 2.22. The number of aliphatic imine (C=N–C) groups is 1. The largest absolute Gasteiger partial charge is 0.402 e. The number of halogens is 4. The summed E-state index contributed by atoms with van der Waals surface area (Å²) in [5.41, 5.74) is 7.64. The molecule has 0 aliphatic carbocycles. The molecule has 0 bridgehead atoms. The number of nitrogens with one attached hydrogen (secondary N) is 1. The highest BCUT2D eigenvalue weighted by atomic mass is 19.3. The van der Waals surface area contributed by atoms with Crippen LogP contribution in [-0.2, 0) is 6.54 Å². The molecule has 7 heteroatoms. The Kier molecular flexibility index (Phi) is 6.38. The van der Waals surface area contributed by atoms with Crippen LogP contribution in [0.1, 0.15) is 23.6 Å². The van der Waals surface area contributed by atoms with E-state index in [0.717, 1.165) is 11.8 Å². The quantitative estimate of drug-likeness (QED) is 0.436. The highest BCUT2D eigenvalue weighted by Gasteiger charge is 2.11. The molecule has 0 aliphatic rings. The van der Waals surface area contributed by atoms with Crippen LogP contribution >= 0.6 is 0 Å². The zero-order valence-corrected chi connectivity index (χ0v) is 14.4. The molecule has 0 aromatic heterocycles. The zero-order chi connectivity index (χ0) is 19.3. The van der Waals surface area contributed by atoms with E-state index in [1.807, 2.05) is 0 Å². The summed E-state index contributed by atoms with van der Waals surface area (Å²) in [7, 11) is 0. The van der Waals surface area contributed by atoms with Crippen LogP contribution in [0, 0.1) is 18.6 Å². The minimum Gasteiger partial charge on any atom is -0.402 e. The van der Waals surface area contributed by atoms with E-state index in [2.05, 4.69) is 10.3 Å². The van der Waals surface area contributed by atoms with Crippen molar-refractivity contribution in [1.82, 2.24) is 0 Å². The predicted octanol–water partition coefficient (Wildman–Crippen LogP) is 4.87. The molecule has 0 unspecified atom stereocenters. The molecule has 0 fully saturated rings. The van der Waals surface area contributed by atoms with Crippen molar-refractivity contribution in [2.45, 2.75) is 26.9 Å². The fraction of sp³-hybridized carbons (Fsp3) is 0.211. The van der Waals surface area contributed by atoms with Gasteiger partial charge in [-0.1, -0.05) is 12.1 Å². The summed E-state index contributed by atoms with van der Waals surface area (Å²) in [5, 5.41) is 2.95. The van der Waals surface area contributed by atoms with Gasteiger partial charge < -0.3 is 11.1 Å². The van der Waals surface area contributed by atoms with Crippen molar-refractivity contribution in [3.05, 3.63) is 70.4 Å². The van der Waals surface area contributed by atoms with E-state index in [9.17, 15) is 17.6 Å². The number of aryl methyl sites for hydroxylation is 1. The fourth-order valence-corrected chi connectivity index (χ4v) is 2.44. The van der Waals surface area contributed by atoms with E-state index < -0.39 is 12.4 Å². The average molecular weight is 365 g/mol. The maximum atomic E-state index is 14.4. The van der Waals surface area contributed by atoms with Crippen molar-refractivity contribution in [2.24, 2.45) is 10.7 Å². The van der Waals surface area contributed by atoms with Gasteiger partial charge in [-0.25, -0.2) is 13.8 Å². The monoisotopic (exact) mass is 365 g/mol. The Hall–Kier alpha value is -2.83. The molecule has 0 amide bonds. The number of alkyl halides is 2. The standard InChI is InChI=1S/C19H19F4N3/c1-11-4-3-5-17(20)15(11)9-25-13-6-7-14(18(21)8-13)16(12(2)24)10-26-19(22)23/h3-8,10,19,25H,9,24H2,1-2H3/b16-12+,26-10+. The highest BCUT2D eigenvalue weighted by Crippen LogP contribution is 2.23. The van der Waals surface area contributed by atoms with Gasteiger partial charge >= 0.3 is 6.55 Å². The molecule has 2 rings (SSSR count). The number of anilines is 1. The van der Waals surface area contributed by atoms with Crippen molar-refractivity contribution < 1.29 is 17.6 Å². The first-order valence-corrected chi connectivity index (χ1v) is 7.85. The molecule has 0 atom stereocenters. The number of hydrogen-bond acceptors (Lipinski definition) is 3. The van der Waals surface area contributed by atoms with E-state index in [0.29, 0.717) is 11.3 Å². The Labute approximate surface area is 149 Å². The molecule has 0 aliphatic heterocycles. The lowest BCUT2D eigenvalue weighted by Crippen LogP contribution is -2.06. The number of benzene rings is 2. The number of allylic oxidation sites excluding steroid dienone is 2. The van der Waals surface area contributed by atoms with Gasteiger partial charge in [0, 0.05) is 40.8 Å². The Morgan fingerprint density at radius 1 is 1.19 bits per heavy atom. The van der Waals surface area contributed by atoms with Gasteiger partial charge in [0.1, 0.15) is 11.6 Å². The smallest absolute Gasteiger partial charge is 0.331 e. The summed E-state index contributed by atoms with van der Waals surface area (Å²) in [5.74, 6) is -0.998. The molecule has 2 aromatic carbocycles. The number of nitrogens with two attached hydrogens (primary N) is 1. The molecule has 0 saturated carbocycles. The molecule has 3 nitrogen and oxygen atoms in total. The SMILES string of the molecule is C/C(N)=C(/C=N/C(F)F)c1ccc(NCc2c(C)cccc2F)cc1F. The van der Waals surface area contributed by atoms with Crippen LogP contribution in [0.2, 0.25) is 0 Å². The maximum absolute atomic E-state index is 14.4. The van der Waals surface area contributed by atoms with E-state index in [-0.39, 0.29) is 29.2 Å². The van der Waals surface area contributed by atoms with Crippen molar-refractivity contribution in [1.29, 1.82) is 0 Å². The zero-order valence-electron chi connectivity index (χ0n) is 14.4. The third-order valence-corrected chi connectivity index (χ3v) is 3.82. The maximum Gasteiger partial charge on any atom is 0.331 e. The van der Waals surface area contributed by atoms with E-state index in [1.54, 1.807) is 25.1 Å². The molecular formula is C19H19F4N3. The third-order valence-electron chi connectivity index (χ3n) is 3.82. The minimum absolute atomic E-state index is 0.0574. The van der Waals surface area contributed by atoms with Crippen molar-refractivity contribution in [2.75, 3.05) is 5.32 Å². The van der Waals surface area contributed by atoms with Gasteiger partial charge in [-0.05, 0) is 43.7 Å². The van der Waals surface area contributed by atoms with E-state index >= 15 is 0 Å². The first-order valence-electron chi connectivity index (χ1n) is 7.85. The second kappa shape index (κ2) is 8.51. The summed E-state index contributed by atoms with van der Waals surface area (Å²) in [4.78, 5) is 2.96. The second-order valence-corrected chi connectivity index (χ2v) is 5.74. The molecule has 0 radical (unpaired) electrons. The molecule has 0 saturated heterocycles. The Morgan fingerprint density at radius 2 is 1.92 bits per heavy atom. The summed E-state index contributed by atoms with van der Waals surface area (Å²) in [6.45, 7) is 0.535. The molecule has 138 valence electrons. The van der Waals surface area contributed by atoms with Crippen molar-refractivity contribution in [3.8, 4) is 0 Å². The minimum atomic E-state index is -2.91. The summed E-state index contributed by atoms with van der Waals surface area (Å²) >= 11 is 0. The fourth-order valence-electron chi connectivity index (χ4n) is 2.44. The Morgan fingerprint density at radius 3 is 2.50 bits per heavy atom. The molecule has 0 spiro atoms. The van der Waals surface area contributed by atoms with Crippen LogP contribution < -0.4 is 11.1 Å². The molecule has 3 N–H and O–H groups in total. The van der Waals surface area contributed by atoms with E-state index in [1.165, 1.54) is 25.1 Å². The molecular weight excluding hydrogens is 346 g/mol.